The van der Waals surface area contributed by atoms with Crippen molar-refractivity contribution in [3.8, 4) is 0 Å². The number of hydrogen-bond acceptors (Lipinski definition) is 4. The van der Waals surface area contributed by atoms with Crippen molar-refractivity contribution in [2.24, 2.45) is 0 Å². The van der Waals surface area contributed by atoms with Crippen LogP contribution in [0.1, 0.15) is 31.2 Å². The molecule has 1 aliphatic heterocycles. The van der Waals surface area contributed by atoms with E-state index in [-0.39, 0.29) is 29.9 Å². The number of fused-ring (bicyclic) bond motifs is 1. The molecule has 2 heterocycles. The van der Waals surface area contributed by atoms with Gasteiger partial charge in [-0.2, -0.15) is 0 Å². The number of halogens is 2. The summed E-state index contributed by atoms with van der Waals surface area (Å²) in [5.74, 6) is -3.83. The van der Waals surface area contributed by atoms with Crippen LogP contribution >= 0.6 is 0 Å². The largest absolute Gasteiger partial charge is 0.350 e. The fourth-order valence-electron chi connectivity index (χ4n) is 2.34. The van der Waals surface area contributed by atoms with Gasteiger partial charge in [0.25, 0.3) is 17.7 Å². The van der Waals surface area contributed by atoms with Crippen molar-refractivity contribution in [2.45, 2.75) is 0 Å². The summed E-state index contributed by atoms with van der Waals surface area (Å²) in [5, 5.41) is 2.45. The summed E-state index contributed by atoms with van der Waals surface area (Å²) in [4.78, 5) is 40.9. The van der Waals surface area contributed by atoms with E-state index in [0.717, 1.165) is 23.1 Å². The summed E-state index contributed by atoms with van der Waals surface area (Å²) in [6, 6.07) is 5.82. The van der Waals surface area contributed by atoms with Crippen molar-refractivity contribution in [3.63, 3.8) is 0 Å². The molecule has 24 heavy (non-hydrogen) atoms. The number of rotatable bonds is 4. The lowest BCUT2D eigenvalue weighted by atomic mass is 10.2. The first-order valence-electron chi connectivity index (χ1n) is 7.03. The molecule has 0 radical (unpaired) electrons. The number of imide groups is 1. The highest BCUT2D eigenvalue weighted by Crippen LogP contribution is 2.19. The molecule has 6 nitrogen and oxygen atoms in total. The van der Waals surface area contributed by atoms with E-state index < -0.39 is 29.4 Å². The highest BCUT2D eigenvalue weighted by Gasteiger charge is 2.36. The third kappa shape index (κ3) is 2.73. The molecule has 2 aromatic rings. The molecule has 0 saturated carbocycles. The van der Waals surface area contributed by atoms with Gasteiger partial charge in [0.15, 0.2) is 11.6 Å². The number of aromatic nitrogens is 1. The quantitative estimate of drug-likeness (QED) is 0.859. The molecule has 0 fully saturated rings. The Morgan fingerprint density at radius 2 is 1.92 bits per heavy atom. The fourth-order valence-corrected chi connectivity index (χ4v) is 2.34. The van der Waals surface area contributed by atoms with E-state index in [0.29, 0.717) is 0 Å². The Kier molecular flexibility index (Phi) is 4.03. The minimum atomic E-state index is -1.13. The number of nitrogens with one attached hydrogen (secondary N) is 1. The van der Waals surface area contributed by atoms with Crippen molar-refractivity contribution >= 4 is 17.7 Å². The van der Waals surface area contributed by atoms with Crippen molar-refractivity contribution < 1.29 is 23.2 Å². The molecule has 8 heteroatoms. The van der Waals surface area contributed by atoms with Gasteiger partial charge in [-0.15, -0.1) is 0 Å². The zero-order valence-corrected chi connectivity index (χ0v) is 12.3. The minimum absolute atomic E-state index is 0.0245. The topological polar surface area (TPSA) is 79.4 Å². The van der Waals surface area contributed by atoms with Crippen LogP contribution in [0.5, 0.6) is 0 Å². The minimum Gasteiger partial charge on any atom is -0.350 e. The number of amides is 3. The number of pyridine rings is 1. The molecule has 1 aliphatic rings. The first kappa shape index (κ1) is 15.7. The van der Waals surface area contributed by atoms with Gasteiger partial charge in [0.2, 0.25) is 0 Å². The predicted molar refractivity (Wildman–Crippen MR) is 78.3 cm³/mol. The maximum atomic E-state index is 13.1. The van der Waals surface area contributed by atoms with Gasteiger partial charge in [0.1, 0.15) is 5.69 Å². The number of carbonyl (C=O) groups is 3. The Balaban J connectivity index is 1.61. The Morgan fingerprint density at radius 3 is 2.62 bits per heavy atom. The second-order valence-corrected chi connectivity index (χ2v) is 5.05. The number of hydrogen-bond donors (Lipinski definition) is 1. The van der Waals surface area contributed by atoms with E-state index >= 15 is 0 Å². The van der Waals surface area contributed by atoms with E-state index in [9.17, 15) is 23.2 Å². The van der Waals surface area contributed by atoms with Crippen LogP contribution in [0.25, 0.3) is 0 Å². The van der Waals surface area contributed by atoms with Crippen LogP contribution in [-0.2, 0) is 0 Å². The van der Waals surface area contributed by atoms with E-state index in [2.05, 4.69) is 10.3 Å². The molecular formula is C16H11F2N3O3. The van der Waals surface area contributed by atoms with Gasteiger partial charge in [-0.05, 0) is 30.3 Å². The molecule has 1 N–H and O–H groups in total. The molecular weight excluding hydrogens is 320 g/mol. The van der Waals surface area contributed by atoms with Gasteiger partial charge in [-0.3, -0.25) is 24.3 Å². The monoisotopic (exact) mass is 331 g/mol. The van der Waals surface area contributed by atoms with Crippen molar-refractivity contribution in [1.29, 1.82) is 0 Å². The average molecular weight is 331 g/mol. The maximum Gasteiger partial charge on any atom is 0.280 e. The Labute approximate surface area is 135 Å². The number of carbonyl (C=O) groups excluding carboxylic acids is 3. The average Bonchev–Trinajstić information content (AvgIpc) is 2.82. The standard InChI is InChI=1S/C16H11F2N3O3/c17-11-4-3-9(8-12(11)18)14(22)20-6-7-21-15(23)10-2-1-5-19-13(10)16(21)24/h1-5,8H,6-7H2,(H,20,22). The van der Waals surface area contributed by atoms with E-state index in [1.54, 1.807) is 6.07 Å². The van der Waals surface area contributed by atoms with E-state index in [4.69, 9.17) is 0 Å². The van der Waals surface area contributed by atoms with Crippen LogP contribution in [0.15, 0.2) is 36.5 Å². The van der Waals surface area contributed by atoms with Crippen molar-refractivity contribution in [3.05, 3.63) is 65.0 Å². The van der Waals surface area contributed by atoms with Gasteiger partial charge in [-0.1, -0.05) is 0 Å². The van der Waals surface area contributed by atoms with Crippen LogP contribution in [0.4, 0.5) is 8.78 Å². The van der Waals surface area contributed by atoms with Crippen molar-refractivity contribution in [1.82, 2.24) is 15.2 Å². The fraction of sp³-hybridized carbons (Fsp3) is 0.125. The van der Waals surface area contributed by atoms with E-state index in [1.165, 1.54) is 12.3 Å². The zero-order chi connectivity index (χ0) is 17.3. The van der Waals surface area contributed by atoms with Gasteiger partial charge < -0.3 is 5.32 Å². The second-order valence-electron chi connectivity index (χ2n) is 5.05. The third-order valence-corrected chi connectivity index (χ3v) is 3.53. The van der Waals surface area contributed by atoms with Gasteiger partial charge >= 0.3 is 0 Å². The van der Waals surface area contributed by atoms with Crippen LogP contribution in [0.2, 0.25) is 0 Å². The number of benzene rings is 1. The first-order valence-corrected chi connectivity index (χ1v) is 7.03. The second kappa shape index (κ2) is 6.15. The highest BCUT2D eigenvalue weighted by atomic mass is 19.2. The smallest absolute Gasteiger partial charge is 0.280 e. The number of nitrogens with zero attached hydrogens (tertiary/aromatic N) is 2. The lowest BCUT2D eigenvalue weighted by Gasteiger charge is -2.14. The summed E-state index contributed by atoms with van der Waals surface area (Å²) >= 11 is 0. The summed E-state index contributed by atoms with van der Waals surface area (Å²) in [5.41, 5.74) is 0.238. The summed E-state index contributed by atoms with van der Waals surface area (Å²) in [7, 11) is 0. The molecule has 1 aromatic heterocycles. The molecule has 0 bridgehead atoms. The summed E-state index contributed by atoms with van der Waals surface area (Å²) in [6.07, 6.45) is 1.42. The summed E-state index contributed by atoms with van der Waals surface area (Å²) < 4.78 is 25.9. The normalized spacial score (nSPS) is 13.2. The summed E-state index contributed by atoms with van der Waals surface area (Å²) in [6.45, 7) is -0.0766. The van der Waals surface area contributed by atoms with Crippen molar-refractivity contribution in [2.75, 3.05) is 13.1 Å². The van der Waals surface area contributed by atoms with Crippen LogP contribution in [0, 0.1) is 11.6 Å². The SMILES string of the molecule is O=C(NCCN1C(=O)c2cccnc2C1=O)c1ccc(F)c(F)c1. The zero-order valence-electron chi connectivity index (χ0n) is 12.3. The Hall–Kier alpha value is -3.16. The first-order chi connectivity index (χ1) is 11.5. The van der Waals surface area contributed by atoms with Crippen LogP contribution in [0.3, 0.4) is 0 Å². The molecule has 122 valence electrons. The molecule has 1 aromatic carbocycles. The Morgan fingerprint density at radius 1 is 1.12 bits per heavy atom. The van der Waals surface area contributed by atoms with Gasteiger partial charge in [0.05, 0.1) is 5.56 Å². The maximum absolute atomic E-state index is 13.1. The molecule has 0 spiro atoms. The van der Waals surface area contributed by atoms with Crippen LogP contribution in [-0.4, -0.2) is 40.7 Å². The molecule has 0 unspecified atom stereocenters. The van der Waals surface area contributed by atoms with Gasteiger partial charge in [0, 0.05) is 24.8 Å². The molecule has 0 saturated heterocycles. The highest BCUT2D eigenvalue weighted by molar-refractivity contribution is 6.20. The molecule has 3 amide bonds. The lowest BCUT2D eigenvalue weighted by molar-refractivity contribution is 0.0648. The van der Waals surface area contributed by atoms with E-state index in [1.807, 2.05) is 0 Å². The third-order valence-electron chi connectivity index (χ3n) is 3.53. The molecule has 0 atom stereocenters. The van der Waals surface area contributed by atoms with Gasteiger partial charge in [-0.25, -0.2) is 8.78 Å². The van der Waals surface area contributed by atoms with Crippen LogP contribution < -0.4 is 5.32 Å². The lowest BCUT2D eigenvalue weighted by Crippen LogP contribution is -2.38. The molecule has 0 aliphatic carbocycles. The molecule has 3 rings (SSSR count). The predicted octanol–water partition coefficient (Wildman–Crippen LogP) is 1.39. The Bertz CT molecular complexity index is 819.